The second kappa shape index (κ2) is 23.0. The third-order valence-corrected chi connectivity index (χ3v) is 21.7. The summed E-state index contributed by atoms with van der Waals surface area (Å²) >= 11 is 0. The molecule has 106 heavy (non-hydrogen) atoms. The molecular formula is C100H68BN5. The van der Waals surface area contributed by atoms with E-state index in [1.165, 1.54) is 4.57 Å². The molecule has 1 N–H and O–H groups in total. The van der Waals surface area contributed by atoms with Crippen LogP contribution in [0.3, 0.4) is 0 Å². The molecule has 0 amide bonds. The first-order chi connectivity index (χ1) is 61.0. The highest BCUT2D eigenvalue weighted by Gasteiger charge is 2.46. The summed E-state index contributed by atoms with van der Waals surface area (Å²) in [6, 6.07) is 62.9. The quantitative estimate of drug-likeness (QED) is 0.154. The lowest BCUT2D eigenvalue weighted by Gasteiger charge is -2.43. The lowest BCUT2D eigenvalue weighted by atomic mass is 9.33. The Bertz CT molecular complexity index is 8340. The van der Waals surface area contributed by atoms with Gasteiger partial charge in [-0.1, -0.05) is 293 Å². The number of nitrogens with one attached hydrogen (secondary N) is 1. The number of nitrogens with zero attached hydrogens (tertiary/aromatic N) is 4. The Morgan fingerprint density at radius 1 is 0.330 bits per heavy atom. The van der Waals surface area contributed by atoms with Crippen molar-refractivity contribution in [2.75, 3.05) is 10.2 Å². The van der Waals surface area contributed by atoms with Gasteiger partial charge < -0.3 is 23.8 Å². The monoisotopic (exact) mass is 1370 g/mol. The van der Waals surface area contributed by atoms with Crippen LogP contribution in [0.25, 0.3) is 159 Å². The van der Waals surface area contributed by atoms with Gasteiger partial charge in [-0.05, 0) is 156 Å². The SMILES string of the molecule is [2H]c1cc(-c2c([2H])c([2H])c([2H])c([2H])c2Nc2ccc3c(c2)c2cc(-c4c([2H])c([2H])c([2H])c([2H])c4[2H])cc4c2n3-c2cc3c(c5c2B4c2ccc(-n4c6c([2H])c([2H])c([2H])c([2H])c6c6c([2H])c([2H])c([2H])c([2H])c64)cc2N5c2c(-c4ccccc4)cc(C(C)(C)C)cc2-c2ccccc2)c2cccc4c5ccccc5c5ccccc5c5ccccc5n3c42)c([2H])c([2H])c1[2H]. The van der Waals surface area contributed by atoms with E-state index in [1.54, 1.807) is 12.1 Å². The Labute approximate surface area is 643 Å². The predicted molar refractivity (Wildman–Crippen MR) is 452 cm³/mol. The molecule has 0 saturated carbocycles. The number of para-hydroxylation sites is 5. The number of benzene rings is 16. The molecule has 5 nitrogen and oxygen atoms in total. The van der Waals surface area contributed by atoms with E-state index in [-0.39, 0.29) is 61.1 Å². The Hall–Kier alpha value is -13.4. The normalized spacial score (nSPS) is 15.4. The van der Waals surface area contributed by atoms with E-state index in [0.717, 1.165) is 99.0 Å². The van der Waals surface area contributed by atoms with Gasteiger partial charge in [-0.3, -0.25) is 0 Å². The summed E-state index contributed by atoms with van der Waals surface area (Å²) in [6.45, 7) is 5.55. The Balaban J connectivity index is 0.994. The molecule has 0 spiro atoms. The summed E-state index contributed by atoms with van der Waals surface area (Å²) in [5.41, 5.74) is 11.4. The molecule has 20 aromatic rings. The van der Waals surface area contributed by atoms with Gasteiger partial charge >= 0.3 is 0 Å². The van der Waals surface area contributed by atoms with E-state index in [1.807, 2.05) is 84.9 Å². The van der Waals surface area contributed by atoms with Crippen LogP contribution in [0.2, 0.25) is 0 Å². The molecule has 0 aliphatic carbocycles. The van der Waals surface area contributed by atoms with E-state index in [2.05, 4.69) is 161 Å². The van der Waals surface area contributed by atoms with Gasteiger partial charge in [-0.25, -0.2) is 0 Å². The number of hydrogen-bond donors (Lipinski definition) is 1. The molecule has 0 radical (unpaired) electrons. The predicted octanol–water partition coefficient (Wildman–Crippen LogP) is 24.8. The van der Waals surface area contributed by atoms with Crippen LogP contribution in [0, 0.1) is 0 Å². The zero-order valence-electron chi connectivity index (χ0n) is 78.2. The minimum absolute atomic E-state index is 0.108. The minimum Gasteiger partial charge on any atom is -0.355 e. The highest BCUT2D eigenvalue weighted by atomic mass is 15.2. The second-order valence-electron chi connectivity index (χ2n) is 28.4. The van der Waals surface area contributed by atoms with Gasteiger partial charge in [-0.15, -0.1) is 0 Å². The first-order valence-electron chi connectivity index (χ1n) is 45.8. The zero-order valence-corrected chi connectivity index (χ0v) is 57.2. The standard InChI is InChI=1S/C100H68BN5/c1-100(2,3)67-57-80(64-33-12-6-13-34-64)97(81(58-67)65-35-14-7-15-36-65)106-91-60-69(103-87-48-25-22-43-76(87)77-44-23-26-49-88(77)103)52-53-84(91)101-85-56-66(62-29-8-4-9-30-62)55-83-82-59-68(102-86-47-24-20-37-70(86)63-31-10-5-11-32-63)51-54-90(82)105(98(83)85)93-61-92-94(99(106)95(93)101)79-46-28-45-78-74-41-19-17-39-72(74)71-38-16-18-40-73(71)75-42-21-27-50-89(75)104(92)96(78)79/h4-61,102H,1-3H3/i4D,5D,8D,9D,10D,11D,20D,22D,23D,24D,25D,26D,29D,30D,31D,37D,43D,44D,47D,48D,49D. The van der Waals surface area contributed by atoms with Crippen LogP contribution >= 0.6 is 0 Å². The van der Waals surface area contributed by atoms with Gasteiger partial charge in [0.25, 0.3) is 6.71 Å². The van der Waals surface area contributed by atoms with Gasteiger partial charge in [0.05, 0.1) is 73.3 Å². The van der Waals surface area contributed by atoms with E-state index in [4.69, 9.17) is 8.22 Å². The van der Waals surface area contributed by atoms with Gasteiger partial charge in [0.15, 0.2) is 0 Å². The van der Waals surface area contributed by atoms with Gasteiger partial charge in [0.2, 0.25) is 0 Å². The molecule has 0 unspecified atom stereocenters. The van der Waals surface area contributed by atoms with Crippen molar-refractivity contribution < 1.29 is 28.8 Å². The lowest BCUT2D eigenvalue weighted by Crippen LogP contribution is -2.60. The van der Waals surface area contributed by atoms with Gasteiger partial charge in [0.1, 0.15) is 0 Å². The fourth-order valence-electron chi connectivity index (χ4n) is 17.2. The molecule has 0 fully saturated rings. The van der Waals surface area contributed by atoms with Crippen molar-refractivity contribution in [3.8, 4) is 55.9 Å². The Morgan fingerprint density at radius 2 is 0.925 bits per heavy atom. The maximum Gasteiger partial charge on any atom is 0.252 e. The smallest absolute Gasteiger partial charge is 0.252 e. The maximum atomic E-state index is 10.0. The Kier molecular flexibility index (Phi) is 9.32. The summed E-state index contributed by atoms with van der Waals surface area (Å²) in [5, 5.41) is 11.4. The van der Waals surface area contributed by atoms with Crippen LogP contribution in [-0.2, 0) is 5.41 Å². The first-order valence-corrected chi connectivity index (χ1v) is 35.3. The average Bonchev–Trinajstić information content (AvgIpc) is 1.54. The van der Waals surface area contributed by atoms with Crippen LogP contribution in [0.5, 0.6) is 0 Å². The molecule has 6 heterocycles. The fourth-order valence-corrected chi connectivity index (χ4v) is 17.2. The third-order valence-electron chi connectivity index (χ3n) is 21.7. The van der Waals surface area contributed by atoms with Crippen molar-refractivity contribution in [2.45, 2.75) is 26.2 Å². The molecule has 2 aliphatic heterocycles. The van der Waals surface area contributed by atoms with Crippen LogP contribution < -0.4 is 26.6 Å². The molecule has 6 heteroatoms. The van der Waals surface area contributed by atoms with Crippen LogP contribution in [0.15, 0.2) is 351 Å². The first kappa shape index (κ1) is 42.9. The molecule has 4 aromatic heterocycles. The summed E-state index contributed by atoms with van der Waals surface area (Å²) in [6.07, 6.45) is 0. The maximum absolute atomic E-state index is 10.0. The van der Waals surface area contributed by atoms with Crippen molar-refractivity contribution in [3.63, 3.8) is 0 Å². The number of fused-ring (bicyclic) bond motifs is 21. The number of anilines is 5. The molecule has 22 rings (SSSR count). The topological polar surface area (TPSA) is 29.5 Å². The van der Waals surface area contributed by atoms with Crippen molar-refractivity contribution >= 4 is 155 Å². The van der Waals surface area contributed by atoms with Crippen molar-refractivity contribution in [2.24, 2.45) is 0 Å². The molecule has 496 valence electrons. The molecule has 16 aromatic carbocycles. The van der Waals surface area contributed by atoms with E-state index in [0.29, 0.717) is 55.5 Å². The average molecular weight is 1370 g/mol. The van der Waals surface area contributed by atoms with Gasteiger partial charge in [-0.2, -0.15) is 0 Å². The summed E-state index contributed by atoms with van der Waals surface area (Å²) in [7, 11) is 0. The third kappa shape index (κ3) is 8.85. The number of hydrogen-bond acceptors (Lipinski definition) is 2. The summed E-state index contributed by atoms with van der Waals surface area (Å²) in [4.78, 5) is 2.32. The van der Waals surface area contributed by atoms with E-state index < -0.39 is 139 Å². The van der Waals surface area contributed by atoms with Crippen LogP contribution in [0.1, 0.15) is 55.1 Å². The van der Waals surface area contributed by atoms with Crippen molar-refractivity contribution in [3.05, 3.63) is 357 Å². The largest absolute Gasteiger partial charge is 0.355 e. The fraction of sp³-hybridized carbons (Fsp3) is 0.0400. The Morgan fingerprint density at radius 3 is 1.63 bits per heavy atom. The van der Waals surface area contributed by atoms with Crippen LogP contribution in [-0.4, -0.2) is 20.2 Å². The summed E-state index contributed by atoms with van der Waals surface area (Å²) < 4.78 is 203. The highest BCUT2D eigenvalue weighted by Crippen LogP contribution is 2.55. The van der Waals surface area contributed by atoms with Crippen molar-refractivity contribution in [1.82, 2.24) is 13.5 Å². The number of rotatable bonds is 8. The molecule has 0 bridgehead atoms. The molecule has 0 saturated heterocycles. The summed E-state index contributed by atoms with van der Waals surface area (Å²) in [5.74, 6) is 0. The van der Waals surface area contributed by atoms with Gasteiger partial charge in [0, 0.05) is 93.7 Å². The number of aromatic nitrogens is 3. The minimum atomic E-state index is -0.973. The lowest BCUT2D eigenvalue weighted by molar-refractivity contribution is 0.591. The zero-order chi connectivity index (χ0) is 88.3. The van der Waals surface area contributed by atoms with E-state index >= 15 is 0 Å². The molecule has 0 atom stereocenters. The molecule has 2 aliphatic rings. The highest BCUT2D eigenvalue weighted by molar-refractivity contribution is 7.00. The molecular weight excluding hydrogens is 1280 g/mol. The van der Waals surface area contributed by atoms with Crippen LogP contribution in [0.4, 0.5) is 28.4 Å². The second-order valence-corrected chi connectivity index (χ2v) is 28.4. The van der Waals surface area contributed by atoms with E-state index in [9.17, 15) is 20.6 Å². The van der Waals surface area contributed by atoms with Crippen molar-refractivity contribution in [1.29, 1.82) is 0 Å².